The van der Waals surface area contributed by atoms with Gasteiger partial charge in [0.05, 0.1) is 10.7 Å². The zero-order valence-corrected chi connectivity index (χ0v) is 10.1. The number of phenols is 1. The zero-order chi connectivity index (χ0) is 14.2. The highest BCUT2D eigenvalue weighted by molar-refractivity contribution is 6.32. The quantitative estimate of drug-likeness (QED) is 0.730. The molecule has 0 saturated heterocycles. The Morgan fingerprint density at radius 1 is 1.32 bits per heavy atom. The largest absolute Gasteiger partial charge is 0.506 e. The number of rotatable bonds is 1. The first kappa shape index (κ1) is 12.9. The second-order valence-electron chi connectivity index (χ2n) is 3.59. The molecule has 0 aliphatic heterocycles. The van der Waals surface area contributed by atoms with Crippen LogP contribution in [-0.2, 0) is 0 Å². The van der Waals surface area contributed by atoms with E-state index in [0.29, 0.717) is 0 Å². The third-order valence-electron chi connectivity index (χ3n) is 2.35. The van der Waals surface area contributed by atoms with Gasteiger partial charge in [-0.1, -0.05) is 11.6 Å². The number of nitrogens with two attached hydrogens (primary N) is 2. The minimum atomic E-state index is -0.697. The van der Waals surface area contributed by atoms with Crippen LogP contribution in [0.3, 0.4) is 0 Å². The maximum absolute atomic E-state index is 13.3. The maximum Gasteiger partial charge on any atom is 0.222 e. The van der Waals surface area contributed by atoms with Crippen molar-refractivity contribution in [1.29, 1.82) is 5.26 Å². The van der Waals surface area contributed by atoms with E-state index in [1.807, 2.05) is 0 Å². The zero-order valence-electron chi connectivity index (χ0n) is 9.35. The van der Waals surface area contributed by atoms with Crippen LogP contribution in [0.15, 0.2) is 12.1 Å². The van der Waals surface area contributed by atoms with Crippen molar-refractivity contribution in [3.63, 3.8) is 0 Å². The molecular formula is C11H7ClFN5O. The van der Waals surface area contributed by atoms with E-state index < -0.39 is 11.6 Å². The molecule has 0 fully saturated rings. The second kappa shape index (κ2) is 4.59. The molecule has 5 N–H and O–H groups in total. The number of anilines is 2. The van der Waals surface area contributed by atoms with E-state index in [2.05, 4.69) is 9.97 Å². The number of nitrogen functional groups attached to an aromatic ring is 2. The molecule has 0 saturated carbocycles. The summed E-state index contributed by atoms with van der Waals surface area (Å²) in [6.07, 6.45) is 0. The van der Waals surface area contributed by atoms with Gasteiger partial charge >= 0.3 is 0 Å². The van der Waals surface area contributed by atoms with Gasteiger partial charge in [0.25, 0.3) is 0 Å². The number of halogens is 2. The Balaban J connectivity index is 2.83. The topological polar surface area (TPSA) is 122 Å². The summed E-state index contributed by atoms with van der Waals surface area (Å²) >= 11 is 5.67. The molecule has 19 heavy (non-hydrogen) atoms. The average Bonchev–Trinajstić information content (AvgIpc) is 2.33. The van der Waals surface area contributed by atoms with Gasteiger partial charge in [0.15, 0.2) is 0 Å². The predicted octanol–water partition coefficient (Wildman–Crippen LogP) is 1.68. The van der Waals surface area contributed by atoms with Gasteiger partial charge in [0.1, 0.15) is 29.0 Å². The van der Waals surface area contributed by atoms with Gasteiger partial charge in [0, 0.05) is 5.56 Å². The van der Waals surface area contributed by atoms with Crippen molar-refractivity contribution in [2.24, 2.45) is 0 Å². The van der Waals surface area contributed by atoms with E-state index in [-0.39, 0.29) is 33.6 Å². The van der Waals surface area contributed by atoms with E-state index in [9.17, 15) is 9.50 Å². The molecule has 0 atom stereocenters. The lowest BCUT2D eigenvalue weighted by atomic mass is 10.1. The van der Waals surface area contributed by atoms with Crippen LogP contribution in [0.2, 0.25) is 5.02 Å². The smallest absolute Gasteiger partial charge is 0.222 e. The highest BCUT2D eigenvalue weighted by Gasteiger charge is 2.18. The van der Waals surface area contributed by atoms with E-state index in [4.69, 9.17) is 28.3 Å². The molecule has 0 aliphatic carbocycles. The van der Waals surface area contributed by atoms with Gasteiger partial charge in [-0.2, -0.15) is 10.2 Å². The summed E-state index contributed by atoms with van der Waals surface area (Å²) < 4.78 is 13.3. The molecule has 0 bridgehead atoms. The first-order chi connectivity index (χ1) is 8.93. The number of nitrogens with zero attached hydrogens (tertiary/aromatic N) is 3. The number of aromatic nitrogens is 2. The Bertz CT molecular complexity index is 713. The molecule has 2 aromatic rings. The number of phenolic OH excluding ortho intramolecular Hbond substituents is 1. The molecule has 0 spiro atoms. The van der Waals surface area contributed by atoms with E-state index in [1.165, 1.54) is 0 Å². The van der Waals surface area contributed by atoms with Crippen molar-refractivity contribution in [3.05, 3.63) is 28.5 Å². The van der Waals surface area contributed by atoms with E-state index in [1.54, 1.807) is 6.07 Å². The molecule has 1 aromatic carbocycles. The van der Waals surface area contributed by atoms with Crippen LogP contribution >= 0.6 is 11.6 Å². The Kier molecular flexibility index (Phi) is 3.10. The Morgan fingerprint density at radius 2 is 2.00 bits per heavy atom. The van der Waals surface area contributed by atoms with Crippen molar-refractivity contribution in [2.75, 3.05) is 11.5 Å². The summed E-state index contributed by atoms with van der Waals surface area (Å²) in [5.41, 5.74) is 10.7. The summed E-state index contributed by atoms with van der Waals surface area (Å²) in [7, 11) is 0. The van der Waals surface area contributed by atoms with Crippen LogP contribution in [0.5, 0.6) is 5.75 Å². The molecule has 1 aromatic heterocycles. The Labute approximate surface area is 112 Å². The molecule has 0 radical (unpaired) electrons. The number of aromatic hydroxyl groups is 1. The average molecular weight is 280 g/mol. The van der Waals surface area contributed by atoms with Crippen molar-refractivity contribution < 1.29 is 9.50 Å². The van der Waals surface area contributed by atoms with Crippen LogP contribution in [-0.4, -0.2) is 15.1 Å². The molecular weight excluding hydrogens is 273 g/mol. The fraction of sp³-hybridized carbons (Fsp3) is 0. The minimum absolute atomic E-state index is 0.0774. The van der Waals surface area contributed by atoms with Crippen molar-refractivity contribution in [2.45, 2.75) is 0 Å². The third kappa shape index (κ3) is 2.21. The lowest BCUT2D eigenvalue weighted by Crippen LogP contribution is -2.05. The fourth-order valence-electron chi connectivity index (χ4n) is 1.55. The van der Waals surface area contributed by atoms with Gasteiger partial charge in [-0.05, 0) is 12.1 Å². The van der Waals surface area contributed by atoms with Crippen molar-refractivity contribution in [1.82, 2.24) is 9.97 Å². The molecule has 96 valence electrons. The van der Waals surface area contributed by atoms with Crippen LogP contribution < -0.4 is 11.5 Å². The van der Waals surface area contributed by atoms with Gasteiger partial charge in [-0.25, -0.2) is 9.37 Å². The first-order valence-electron chi connectivity index (χ1n) is 4.95. The highest BCUT2D eigenvalue weighted by Crippen LogP contribution is 2.37. The highest BCUT2D eigenvalue weighted by atomic mass is 35.5. The van der Waals surface area contributed by atoms with Crippen LogP contribution in [0.1, 0.15) is 5.56 Å². The molecule has 1 heterocycles. The molecule has 2 rings (SSSR count). The summed E-state index contributed by atoms with van der Waals surface area (Å²) in [5, 5.41) is 18.6. The number of nitriles is 1. The fourth-order valence-corrected chi connectivity index (χ4v) is 1.75. The minimum Gasteiger partial charge on any atom is -0.506 e. The summed E-state index contributed by atoms with van der Waals surface area (Å²) in [4.78, 5) is 7.42. The van der Waals surface area contributed by atoms with E-state index in [0.717, 1.165) is 12.1 Å². The first-order valence-corrected chi connectivity index (χ1v) is 5.33. The number of hydrogen-bond acceptors (Lipinski definition) is 6. The summed E-state index contributed by atoms with van der Waals surface area (Å²) in [6, 6.07) is 3.68. The van der Waals surface area contributed by atoms with Crippen molar-refractivity contribution in [3.8, 4) is 23.1 Å². The maximum atomic E-state index is 13.3. The molecule has 6 nitrogen and oxygen atoms in total. The van der Waals surface area contributed by atoms with Crippen LogP contribution in [0, 0.1) is 17.1 Å². The third-order valence-corrected chi connectivity index (χ3v) is 2.64. The standard InChI is InChI=1S/C11H7ClFN5O/c12-7-2-4(13)1-5(9(7)19)8-6(3-14)10(15)18-11(16)17-8/h1-2,19H,(H4,15,16,17,18). The lowest BCUT2D eigenvalue weighted by Gasteiger charge is -2.09. The van der Waals surface area contributed by atoms with Gasteiger partial charge in [0.2, 0.25) is 5.95 Å². The Morgan fingerprint density at radius 3 is 2.63 bits per heavy atom. The lowest BCUT2D eigenvalue weighted by molar-refractivity contribution is 0.475. The van der Waals surface area contributed by atoms with Crippen LogP contribution in [0.4, 0.5) is 16.2 Å². The number of hydrogen-bond donors (Lipinski definition) is 3. The number of benzene rings is 1. The molecule has 0 amide bonds. The van der Waals surface area contributed by atoms with Gasteiger partial charge < -0.3 is 16.6 Å². The molecule has 0 unspecified atom stereocenters. The SMILES string of the molecule is N#Cc1c(N)nc(N)nc1-c1cc(F)cc(Cl)c1O. The van der Waals surface area contributed by atoms with Crippen LogP contribution in [0.25, 0.3) is 11.3 Å². The molecule has 0 aliphatic rings. The van der Waals surface area contributed by atoms with Crippen molar-refractivity contribution >= 4 is 23.4 Å². The van der Waals surface area contributed by atoms with E-state index >= 15 is 0 Å². The molecule has 8 heteroatoms. The van der Waals surface area contributed by atoms with Gasteiger partial charge in [-0.3, -0.25) is 0 Å². The van der Waals surface area contributed by atoms with Gasteiger partial charge in [-0.15, -0.1) is 0 Å². The Hall–Kier alpha value is -2.59. The summed E-state index contributed by atoms with van der Waals surface area (Å²) in [5.74, 6) is -1.48. The second-order valence-corrected chi connectivity index (χ2v) is 3.99. The monoisotopic (exact) mass is 279 g/mol. The predicted molar refractivity (Wildman–Crippen MR) is 67.6 cm³/mol. The summed E-state index contributed by atoms with van der Waals surface area (Å²) in [6.45, 7) is 0. The normalized spacial score (nSPS) is 10.2.